The highest BCUT2D eigenvalue weighted by Gasteiger charge is 2.32. The molecule has 0 saturated heterocycles. The fourth-order valence-corrected chi connectivity index (χ4v) is 8.43. The molecule has 0 aliphatic rings. The summed E-state index contributed by atoms with van der Waals surface area (Å²) in [7, 11) is -8.19. The van der Waals surface area contributed by atoms with E-state index in [0.29, 0.717) is 32.8 Å². The Hall–Kier alpha value is -5.25. The standard InChI is InChI=1S/C39H38N6O10P2/c1-22(46)31(44-39(47)33-24-11-3-7-15-28(24)41-35-25-12-4-8-16-29(25)42-36(33)35)21-54-57(51,52)55-23(20-53-56(48,49)50)19-40-34-27-14-6-10-18-32(27)45(2)38-26-13-5-9-17-30(26)43-37(34)38/h3-18,22-23,31,42-43,46H,19-21H2,1-2H3,(H,44,47)(H,51,52)(H2,48,49,50)/t22?,23-,31?/m1/s1. The molecule has 3 unspecified atom stereocenters. The zero-order chi connectivity index (χ0) is 40.1. The maximum Gasteiger partial charge on any atom is 0.472 e. The molecule has 0 saturated carbocycles. The van der Waals surface area contributed by atoms with E-state index in [1.807, 2.05) is 84.4 Å². The summed E-state index contributed by atoms with van der Waals surface area (Å²) in [6, 6.07) is 28.6. The van der Waals surface area contributed by atoms with Crippen LogP contribution in [-0.2, 0) is 29.7 Å². The van der Waals surface area contributed by atoms with Crippen molar-refractivity contribution >= 4 is 87.2 Å². The molecule has 0 spiro atoms. The van der Waals surface area contributed by atoms with E-state index in [9.17, 15) is 33.7 Å². The molecule has 8 rings (SSSR count). The van der Waals surface area contributed by atoms with E-state index >= 15 is 0 Å². The summed E-state index contributed by atoms with van der Waals surface area (Å²) in [5.41, 5.74) is 5.82. The maximum atomic E-state index is 14.0. The van der Waals surface area contributed by atoms with Crippen molar-refractivity contribution in [2.24, 2.45) is 12.0 Å². The molecule has 0 fully saturated rings. The largest absolute Gasteiger partial charge is 0.472 e. The lowest BCUT2D eigenvalue weighted by atomic mass is 10.0. The smallest absolute Gasteiger partial charge is 0.391 e. The minimum atomic E-state index is -5.07. The second-order valence-corrected chi connectivity index (χ2v) is 16.3. The molecular weight excluding hydrogens is 774 g/mol. The van der Waals surface area contributed by atoms with Crippen molar-refractivity contribution in [1.82, 2.24) is 24.8 Å². The van der Waals surface area contributed by atoms with Crippen LogP contribution in [0.15, 0.2) is 102 Å². The van der Waals surface area contributed by atoms with Gasteiger partial charge >= 0.3 is 15.6 Å². The molecule has 0 bridgehead atoms. The van der Waals surface area contributed by atoms with Gasteiger partial charge in [-0.25, -0.2) is 14.1 Å². The van der Waals surface area contributed by atoms with Gasteiger partial charge in [0.05, 0.1) is 75.9 Å². The molecule has 0 aliphatic heterocycles. The van der Waals surface area contributed by atoms with Gasteiger partial charge in [-0.05, 0) is 31.2 Å². The number of phosphoric ester groups is 2. The fraction of sp³-hybridized carbons (Fsp3) is 0.205. The number of hydrogen-bond donors (Lipinski definition) is 7. The van der Waals surface area contributed by atoms with Crippen molar-refractivity contribution in [3.05, 3.63) is 108 Å². The minimum Gasteiger partial charge on any atom is -0.391 e. The summed E-state index contributed by atoms with van der Waals surface area (Å²) in [4.78, 5) is 60.2. The average Bonchev–Trinajstić information content (AvgIpc) is 3.75. The van der Waals surface area contributed by atoms with Crippen LogP contribution in [0.4, 0.5) is 0 Å². The van der Waals surface area contributed by atoms with Gasteiger partial charge in [0.1, 0.15) is 6.10 Å². The van der Waals surface area contributed by atoms with Crippen molar-refractivity contribution < 1.29 is 47.3 Å². The third-order valence-electron chi connectivity index (χ3n) is 9.81. The van der Waals surface area contributed by atoms with Crippen molar-refractivity contribution in [3.8, 4) is 0 Å². The fourth-order valence-electron chi connectivity index (χ4n) is 7.16. The van der Waals surface area contributed by atoms with Gasteiger partial charge in [-0.3, -0.25) is 23.4 Å². The number of benzene rings is 4. The van der Waals surface area contributed by atoms with Crippen LogP contribution in [-0.4, -0.2) is 83.2 Å². The first-order valence-corrected chi connectivity index (χ1v) is 20.9. The number of aliphatic hydroxyl groups is 1. The number of aliphatic hydroxyl groups excluding tert-OH is 1. The Balaban J connectivity index is 1.07. The second-order valence-electron chi connectivity index (χ2n) is 13.7. The topological polar surface area (TPSA) is 234 Å². The molecule has 8 aromatic rings. The van der Waals surface area contributed by atoms with Crippen LogP contribution < -0.4 is 10.7 Å². The molecular formula is C39H38N6O10P2. The Morgan fingerprint density at radius 1 is 0.825 bits per heavy atom. The average molecular weight is 813 g/mol. The number of pyridine rings is 2. The Morgan fingerprint density at radius 3 is 2.16 bits per heavy atom. The van der Waals surface area contributed by atoms with Crippen molar-refractivity contribution in [2.45, 2.75) is 25.2 Å². The van der Waals surface area contributed by atoms with E-state index in [2.05, 4.69) is 15.3 Å². The molecule has 18 heteroatoms. The van der Waals surface area contributed by atoms with E-state index in [-0.39, 0.29) is 12.1 Å². The number of nitrogens with one attached hydrogen (secondary N) is 3. The number of rotatable bonds is 13. The number of fused-ring (bicyclic) bond motifs is 8. The Labute approximate surface area is 323 Å². The normalized spacial score (nSPS) is 15.5. The van der Waals surface area contributed by atoms with E-state index in [1.54, 1.807) is 24.3 Å². The quantitative estimate of drug-likeness (QED) is 0.0699. The maximum absolute atomic E-state index is 14.0. The Bertz CT molecular complexity index is 3010. The van der Waals surface area contributed by atoms with Gasteiger partial charge in [-0.2, -0.15) is 0 Å². The molecule has 4 aromatic heterocycles. The van der Waals surface area contributed by atoms with Crippen molar-refractivity contribution in [2.75, 3.05) is 19.8 Å². The van der Waals surface area contributed by atoms with Crippen molar-refractivity contribution in [3.63, 3.8) is 0 Å². The molecule has 4 atom stereocenters. The van der Waals surface area contributed by atoms with Crippen LogP contribution in [0.25, 0.3) is 65.7 Å². The van der Waals surface area contributed by atoms with Gasteiger partial charge in [0.2, 0.25) is 0 Å². The first-order valence-electron chi connectivity index (χ1n) is 17.9. The second kappa shape index (κ2) is 15.3. The Kier molecular flexibility index (Phi) is 10.3. The molecule has 57 heavy (non-hydrogen) atoms. The number of aromatic amines is 2. The number of nitrogens with zero attached hydrogens (tertiary/aromatic N) is 3. The summed E-state index contributed by atoms with van der Waals surface area (Å²) in [6.07, 6.45) is -2.77. The molecule has 4 heterocycles. The van der Waals surface area contributed by atoms with Crippen LogP contribution in [0.3, 0.4) is 0 Å². The SMILES string of the molecule is CC(O)C(COP(=O)(O)O[C@H](CN=c1c2ccccc2n(C)c2c1[nH]c1ccccc12)COP(=O)(O)O)NC(=O)c1c2ccccc2nc2c1[nH]c1ccccc12. The first-order chi connectivity index (χ1) is 27.3. The zero-order valence-electron chi connectivity index (χ0n) is 30.6. The monoisotopic (exact) mass is 812 g/mol. The van der Waals surface area contributed by atoms with Crippen LogP contribution in [0.2, 0.25) is 0 Å². The van der Waals surface area contributed by atoms with Gasteiger partial charge in [-0.1, -0.05) is 72.8 Å². The molecule has 4 aromatic carbocycles. The first kappa shape index (κ1) is 38.6. The van der Waals surface area contributed by atoms with Crippen LogP contribution in [0.5, 0.6) is 0 Å². The van der Waals surface area contributed by atoms with E-state index < -0.39 is 53.0 Å². The summed E-state index contributed by atoms with van der Waals surface area (Å²) in [5.74, 6) is -0.605. The number of aryl methyl sites for hydroxylation is 1. The molecule has 0 radical (unpaired) electrons. The summed E-state index contributed by atoms with van der Waals surface area (Å²) >= 11 is 0. The van der Waals surface area contributed by atoms with Crippen molar-refractivity contribution in [1.29, 1.82) is 0 Å². The summed E-state index contributed by atoms with van der Waals surface area (Å²) in [6.45, 7) is -0.523. The van der Waals surface area contributed by atoms with Gasteiger partial charge in [-0.15, -0.1) is 0 Å². The number of aromatic nitrogens is 4. The molecule has 1 amide bonds. The third-order valence-corrected chi connectivity index (χ3v) is 11.3. The van der Waals surface area contributed by atoms with E-state index in [1.165, 1.54) is 6.92 Å². The highest BCUT2D eigenvalue weighted by Crippen LogP contribution is 2.46. The third kappa shape index (κ3) is 7.75. The molecule has 294 valence electrons. The Morgan fingerprint density at radius 2 is 1.44 bits per heavy atom. The molecule has 7 N–H and O–H groups in total. The minimum absolute atomic E-state index is 0.253. The number of para-hydroxylation sites is 4. The predicted molar refractivity (Wildman–Crippen MR) is 215 cm³/mol. The summed E-state index contributed by atoms with van der Waals surface area (Å²) < 4.78 is 42.7. The van der Waals surface area contributed by atoms with Gasteiger partial charge in [0.25, 0.3) is 5.91 Å². The number of hydrogen-bond acceptors (Lipinski definition) is 9. The van der Waals surface area contributed by atoms with Gasteiger partial charge in [0.15, 0.2) is 0 Å². The highest BCUT2D eigenvalue weighted by molar-refractivity contribution is 7.47. The predicted octanol–water partition coefficient (Wildman–Crippen LogP) is 5.69. The summed E-state index contributed by atoms with van der Waals surface area (Å²) in [5, 5.41) is 16.9. The van der Waals surface area contributed by atoms with Gasteiger partial charge in [0, 0.05) is 39.6 Å². The molecule has 0 aliphatic carbocycles. The lowest BCUT2D eigenvalue weighted by molar-refractivity contribution is 0.0476. The van der Waals surface area contributed by atoms with E-state index in [0.717, 1.165) is 38.2 Å². The van der Waals surface area contributed by atoms with E-state index in [4.69, 9.17) is 23.5 Å². The lowest BCUT2D eigenvalue weighted by Gasteiger charge is -2.24. The molecule has 16 nitrogen and oxygen atoms in total. The number of carbonyl (C=O) groups excluding carboxylic acids is 1. The number of H-pyrrole nitrogens is 2. The number of carbonyl (C=O) groups is 1. The van der Waals surface area contributed by atoms with Crippen LogP contribution in [0.1, 0.15) is 17.3 Å². The zero-order valence-corrected chi connectivity index (χ0v) is 32.4. The van der Waals surface area contributed by atoms with Crippen LogP contribution in [0, 0.1) is 0 Å². The number of amides is 1. The van der Waals surface area contributed by atoms with Gasteiger partial charge < -0.3 is 39.6 Å². The lowest BCUT2D eigenvalue weighted by Crippen LogP contribution is -2.45. The number of phosphoric acid groups is 2. The van der Waals surface area contributed by atoms with Crippen LogP contribution >= 0.6 is 15.6 Å². The highest BCUT2D eigenvalue weighted by atomic mass is 31.2.